The molecule has 4 saturated heterocycles. The first-order valence-electron chi connectivity index (χ1n) is 30.2. The lowest BCUT2D eigenvalue weighted by molar-refractivity contribution is -0.163. The van der Waals surface area contributed by atoms with Crippen LogP contribution in [0.5, 0.6) is 0 Å². The number of nitrogens with zero attached hydrogens (tertiary/aromatic N) is 7. The number of hydrogen-bond donors (Lipinski definition) is 7. The second-order valence-corrected chi connectivity index (χ2v) is 25.2. The number of esters is 2. The molecule has 500 valence electrons. The van der Waals surface area contributed by atoms with Crippen LogP contribution < -0.4 is 32.4 Å². The largest absolute Gasteiger partial charge is 0.458 e. The first kappa shape index (κ1) is 70.3. The number of nitrogens with two attached hydrogens (primary N) is 1. The summed E-state index contributed by atoms with van der Waals surface area (Å²) >= 11 is 0. The number of cyclic esters (lactones) is 2. The van der Waals surface area contributed by atoms with Crippen LogP contribution in [0.25, 0.3) is 22.6 Å². The lowest BCUT2D eigenvalue weighted by atomic mass is 9.98. The van der Waals surface area contributed by atoms with E-state index in [2.05, 4.69) is 21.3 Å². The Morgan fingerprint density at radius 2 is 1.28 bits per heavy atom. The van der Waals surface area contributed by atoms with Gasteiger partial charge in [0.2, 0.25) is 52.7 Å². The highest BCUT2D eigenvalue weighted by Gasteiger charge is 2.51. The number of benzene rings is 2. The monoisotopic (exact) mass is 1290 g/mol. The minimum Gasteiger partial charge on any atom is -0.458 e. The van der Waals surface area contributed by atoms with Crippen molar-refractivity contribution >= 4 is 93.6 Å². The summed E-state index contributed by atoms with van der Waals surface area (Å²) in [5.41, 5.74) is 2.68. The van der Waals surface area contributed by atoms with Gasteiger partial charge in [0.05, 0.1) is 49.2 Å². The zero-order chi connectivity index (χ0) is 68.7. The van der Waals surface area contributed by atoms with Gasteiger partial charge in [-0.05, 0) is 70.4 Å². The highest BCUT2D eigenvalue weighted by atomic mass is 16.6. The van der Waals surface area contributed by atoms with Crippen molar-refractivity contribution in [1.29, 1.82) is 0 Å². The summed E-state index contributed by atoms with van der Waals surface area (Å²) in [4.78, 5) is 210. The molecule has 5 heterocycles. The van der Waals surface area contributed by atoms with Crippen molar-refractivity contribution in [2.45, 2.75) is 162 Å². The van der Waals surface area contributed by atoms with E-state index in [4.69, 9.17) is 24.6 Å². The van der Waals surface area contributed by atoms with E-state index in [-0.39, 0.29) is 34.4 Å². The van der Waals surface area contributed by atoms with E-state index in [1.807, 2.05) is 0 Å². The van der Waals surface area contributed by atoms with Crippen LogP contribution in [0.4, 0.5) is 5.69 Å². The van der Waals surface area contributed by atoms with Gasteiger partial charge in [0.1, 0.15) is 65.6 Å². The molecule has 0 unspecified atom stereocenters. The van der Waals surface area contributed by atoms with Crippen LogP contribution in [0, 0.1) is 31.6 Å². The molecule has 1 aliphatic carbocycles. The van der Waals surface area contributed by atoms with Gasteiger partial charge in [-0.25, -0.2) is 14.6 Å². The summed E-state index contributed by atoms with van der Waals surface area (Å²) in [6, 6.07) is -10.8. The lowest BCUT2D eigenvalue weighted by Gasteiger charge is -2.37. The number of aromatic nitrogens is 1. The predicted octanol–water partition coefficient (Wildman–Crippen LogP) is -2.40. The first-order chi connectivity index (χ1) is 42.9. The fourth-order valence-corrected chi connectivity index (χ4v) is 11.9. The molecule has 31 nitrogen and oxygen atoms in total. The first-order valence-corrected chi connectivity index (χ1v) is 30.2. The Balaban J connectivity index is 1.33. The molecule has 0 radical (unpaired) electrons. The number of ether oxygens (including phenoxy) is 2. The Bertz CT molecular complexity index is 3550. The van der Waals surface area contributed by atoms with Crippen molar-refractivity contribution in [3.63, 3.8) is 0 Å². The third kappa shape index (κ3) is 13.7. The molecule has 4 fully saturated rings. The highest BCUT2D eigenvalue weighted by Crippen LogP contribution is 2.35. The van der Waals surface area contributed by atoms with E-state index in [1.165, 1.54) is 74.9 Å². The lowest BCUT2D eigenvalue weighted by Crippen LogP contribution is -2.62. The van der Waals surface area contributed by atoms with Crippen molar-refractivity contribution in [1.82, 2.24) is 55.7 Å². The van der Waals surface area contributed by atoms with Crippen LogP contribution >= 0.6 is 0 Å². The quantitative estimate of drug-likeness (QED) is 0.0702. The van der Waals surface area contributed by atoms with Crippen LogP contribution in [0.3, 0.4) is 0 Å². The number of nitrogens with one attached hydrogen (secondary N) is 4. The maximum Gasteiger partial charge on any atom is 0.329 e. The number of carbonyl (C=O) groups is 13. The van der Waals surface area contributed by atoms with Gasteiger partial charge >= 0.3 is 11.9 Å². The molecule has 8 N–H and O–H groups in total. The van der Waals surface area contributed by atoms with Gasteiger partial charge in [-0.1, -0.05) is 47.6 Å². The number of anilines is 1. The van der Waals surface area contributed by atoms with Gasteiger partial charge in [-0.2, -0.15) is 0 Å². The molecule has 0 saturated carbocycles. The molecular formula is C61H82N12O19. The number of aliphatic hydroxyl groups excluding tert-OH is 2. The maximum atomic E-state index is 15.1. The van der Waals surface area contributed by atoms with Gasteiger partial charge in [0.25, 0.3) is 11.8 Å². The number of aryl methyl sites for hydroxylation is 1. The molecule has 7 rings (SSSR count). The van der Waals surface area contributed by atoms with E-state index >= 15 is 9.59 Å². The van der Waals surface area contributed by atoms with E-state index in [1.54, 1.807) is 41.5 Å². The zero-order valence-electron chi connectivity index (χ0n) is 54.1. The second-order valence-electron chi connectivity index (χ2n) is 25.2. The van der Waals surface area contributed by atoms with Gasteiger partial charge in [0, 0.05) is 46.2 Å². The van der Waals surface area contributed by atoms with Gasteiger partial charge < -0.3 is 80.5 Å². The maximum absolute atomic E-state index is 15.1. The van der Waals surface area contributed by atoms with Gasteiger partial charge in [-0.3, -0.25) is 57.5 Å². The normalized spacial score (nSPS) is 27.5. The number of Topliss-reactive ketones (excluding diaryl/α,β-unsaturated/α-hetero) is 1. The zero-order valence-corrected chi connectivity index (χ0v) is 54.1. The smallest absolute Gasteiger partial charge is 0.329 e. The van der Waals surface area contributed by atoms with Crippen LogP contribution in [-0.4, -0.2) is 249 Å². The number of hydrogen-bond acceptors (Lipinski definition) is 21. The summed E-state index contributed by atoms with van der Waals surface area (Å²) in [5.74, 6) is -14.9. The SMILES string of the molecule is Cc1c2oc3c(C)ccc(C(=O)N[C@@H]4C(=O)N[C@H](C(C)C)C(=O)N5[C@H](C(=O)N(C)CC(=O)N(C)[C@@H](C(C)C)C(=O)O[C@@H]4C)[C@@H](O)C[C@@H]5C)c3nc-2c(C(=O)N[C@@H]2C(=O)N[C@H](C(C)C)C(=O)N3CC(=O)C[C@H]3C(=O)N(C)CC(=O)N(C)[C@@H](C)C(=O)O[C@@H]2CO)c(N)c1=O. The van der Waals surface area contributed by atoms with Crippen molar-refractivity contribution in [3.05, 3.63) is 44.6 Å². The average Bonchev–Trinajstić information content (AvgIpc) is 0.932. The molecule has 6 aliphatic rings. The fourth-order valence-electron chi connectivity index (χ4n) is 11.9. The van der Waals surface area contributed by atoms with Crippen molar-refractivity contribution in [2.24, 2.45) is 17.8 Å². The van der Waals surface area contributed by atoms with E-state index in [0.29, 0.717) is 5.56 Å². The van der Waals surface area contributed by atoms with Crippen LogP contribution in [0.15, 0.2) is 21.3 Å². The number of likely N-dealkylation sites (N-methyl/N-ethyl adjacent to an activating group) is 4. The number of fused-ring (bicyclic) bond motifs is 4. The molecule has 10 amide bonds. The predicted molar refractivity (Wildman–Crippen MR) is 324 cm³/mol. The third-order valence-corrected chi connectivity index (χ3v) is 17.5. The summed E-state index contributed by atoms with van der Waals surface area (Å²) in [6.07, 6.45) is -5.46. The number of aliphatic hydroxyl groups is 2. The Morgan fingerprint density at radius 3 is 1.87 bits per heavy atom. The standard InChI is InChI=1S/C61H82N12O19/c1-24(2)41-57(85)72-20-32(75)19-34(72)56(84)68(12)21-37(77)70(14)30(10)60(88)91-36(23-74)45(55(83)64-41)67-53(81)39-40(62)49(79)29(9)51-46(39)63-44-33(17-16-27(7)50(44)92-51)52(80)66-43-31(11)90-61(89)47(26(5)6)71(15)38(78)22-69(13)59(87)48-35(76)18-28(8)73(48)58(86)42(25(3)4)65-54(43)82/h16-17,24-26,28,30-31,34-36,41-43,45,47-48,74,76H,18-23,62H2,1-15H3,(H,64,83)(H,65,82)(H,66,80)(H,67,81)/t28-,30-,31+,34-,35-,36+,41+,42+,43-,45-,47-,48-/m0/s1. The molecule has 1 aromatic rings. The summed E-state index contributed by atoms with van der Waals surface area (Å²) in [7, 11) is 5.10. The van der Waals surface area contributed by atoms with Crippen molar-refractivity contribution < 1.29 is 86.4 Å². The number of amides is 10. The van der Waals surface area contributed by atoms with Gasteiger partial charge in [-0.15, -0.1) is 0 Å². The molecule has 92 heavy (non-hydrogen) atoms. The second kappa shape index (κ2) is 27.8. The Morgan fingerprint density at radius 1 is 0.717 bits per heavy atom. The Kier molecular flexibility index (Phi) is 21.2. The number of nitrogen functional groups attached to an aromatic ring is 1. The van der Waals surface area contributed by atoms with Crippen molar-refractivity contribution in [2.75, 3.05) is 60.2 Å². The van der Waals surface area contributed by atoms with Gasteiger partial charge in [0.15, 0.2) is 23.2 Å². The summed E-state index contributed by atoms with van der Waals surface area (Å²) in [6.45, 7) is 13.5. The minimum absolute atomic E-state index is 0.0368. The van der Waals surface area contributed by atoms with Crippen molar-refractivity contribution in [3.8, 4) is 11.5 Å². The highest BCUT2D eigenvalue weighted by molar-refractivity contribution is 6.11. The molecule has 0 spiro atoms. The average molecular weight is 1290 g/mol. The molecule has 0 aromatic heterocycles. The number of rotatable bonds is 8. The Labute approximate surface area is 529 Å². The molecular weight excluding hydrogens is 1200 g/mol. The van der Waals surface area contributed by atoms with Crippen LogP contribution in [0.1, 0.15) is 107 Å². The van der Waals surface area contributed by atoms with Crippen LogP contribution in [0.2, 0.25) is 0 Å². The molecule has 31 heteroatoms. The molecule has 1 aromatic carbocycles. The molecule has 12 atom stereocenters. The van der Waals surface area contributed by atoms with E-state index in [9.17, 15) is 67.7 Å². The van der Waals surface area contributed by atoms with E-state index < -0.39 is 222 Å². The third-order valence-electron chi connectivity index (χ3n) is 17.5. The Hall–Kier alpha value is -9.13. The minimum atomic E-state index is -2.20. The fraction of sp³-hybridized carbons (Fsp3) is 0.590. The van der Waals surface area contributed by atoms with Crippen LogP contribution in [-0.2, 0) is 62.2 Å². The number of ketones is 1. The molecule has 5 aliphatic heterocycles. The topological polar surface area (TPSA) is 418 Å². The van der Waals surface area contributed by atoms with E-state index in [0.717, 1.165) is 29.4 Å². The summed E-state index contributed by atoms with van der Waals surface area (Å²) in [5, 5.41) is 32.3. The summed E-state index contributed by atoms with van der Waals surface area (Å²) < 4.78 is 17.9. The molecule has 0 bridgehead atoms. The number of carbonyl (C=O) groups excluding carboxylic acids is 13.